The lowest BCUT2D eigenvalue weighted by Gasteiger charge is -2.02. The molecule has 0 atom stereocenters. The second-order valence-corrected chi connectivity index (χ2v) is 4.62. The zero-order chi connectivity index (χ0) is 15.6. The van der Waals surface area contributed by atoms with Crippen molar-refractivity contribution in [1.29, 1.82) is 0 Å². The Kier molecular flexibility index (Phi) is 4.11. The molecular formula is C14H16N2O5. The number of rotatable bonds is 4. The van der Waals surface area contributed by atoms with Gasteiger partial charge in [-0.05, 0) is 26.3 Å². The Bertz CT molecular complexity index is 684. The van der Waals surface area contributed by atoms with Crippen LogP contribution in [0.4, 0.5) is 0 Å². The number of aryl methyl sites for hydroxylation is 2. The highest BCUT2D eigenvalue weighted by molar-refractivity contribution is 5.98. The van der Waals surface area contributed by atoms with Gasteiger partial charge < -0.3 is 19.0 Å². The number of nitrogens with one attached hydrogen (secondary N) is 1. The lowest BCUT2D eigenvalue weighted by molar-refractivity contribution is 0.0457. The third-order valence-corrected chi connectivity index (χ3v) is 3.06. The quantitative estimate of drug-likeness (QED) is 0.867. The van der Waals surface area contributed by atoms with Crippen molar-refractivity contribution in [3.8, 4) is 0 Å². The third-order valence-electron chi connectivity index (χ3n) is 3.06. The molecule has 0 unspecified atom stereocenters. The molecule has 0 aliphatic carbocycles. The number of methoxy groups -OCH3 is 1. The van der Waals surface area contributed by atoms with E-state index in [1.165, 1.54) is 7.11 Å². The molecular weight excluding hydrogens is 276 g/mol. The summed E-state index contributed by atoms with van der Waals surface area (Å²) in [7, 11) is 1.29. The minimum absolute atomic E-state index is 0.00123. The van der Waals surface area contributed by atoms with Gasteiger partial charge >= 0.3 is 11.9 Å². The van der Waals surface area contributed by atoms with Gasteiger partial charge in [-0.25, -0.2) is 9.59 Å². The van der Waals surface area contributed by atoms with E-state index >= 15 is 0 Å². The van der Waals surface area contributed by atoms with Crippen molar-refractivity contribution < 1.29 is 23.6 Å². The Morgan fingerprint density at radius 3 is 2.57 bits per heavy atom. The Labute approximate surface area is 121 Å². The van der Waals surface area contributed by atoms with Gasteiger partial charge in [-0.3, -0.25) is 0 Å². The summed E-state index contributed by atoms with van der Waals surface area (Å²) in [5, 5.41) is 3.73. The van der Waals surface area contributed by atoms with E-state index in [0.29, 0.717) is 28.3 Å². The number of ether oxygens (including phenoxy) is 2. The predicted molar refractivity (Wildman–Crippen MR) is 72.0 cm³/mol. The fourth-order valence-electron chi connectivity index (χ4n) is 2.06. The molecule has 112 valence electrons. The standard InChI is InChI=1S/C14H16N2O5/c1-7-5-10(16-21-7)6-20-14(18)12-8(2)11(9(3)15-12)13(17)19-4/h5,15H,6H2,1-4H3. The summed E-state index contributed by atoms with van der Waals surface area (Å²) in [6.45, 7) is 5.10. The Morgan fingerprint density at radius 1 is 1.29 bits per heavy atom. The molecule has 0 spiro atoms. The van der Waals surface area contributed by atoms with Crippen molar-refractivity contribution in [2.75, 3.05) is 7.11 Å². The highest BCUT2D eigenvalue weighted by Gasteiger charge is 2.23. The molecule has 0 aliphatic rings. The smallest absolute Gasteiger partial charge is 0.355 e. The maximum absolute atomic E-state index is 12.1. The highest BCUT2D eigenvalue weighted by Crippen LogP contribution is 2.20. The highest BCUT2D eigenvalue weighted by atomic mass is 16.5. The number of esters is 2. The minimum Gasteiger partial charge on any atom is -0.465 e. The lowest BCUT2D eigenvalue weighted by Crippen LogP contribution is -2.08. The van der Waals surface area contributed by atoms with E-state index in [2.05, 4.69) is 14.9 Å². The number of carbonyl (C=O) groups is 2. The van der Waals surface area contributed by atoms with Crippen molar-refractivity contribution in [3.63, 3.8) is 0 Å². The van der Waals surface area contributed by atoms with Crippen LogP contribution in [0, 0.1) is 20.8 Å². The van der Waals surface area contributed by atoms with Gasteiger partial charge in [-0.2, -0.15) is 0 Å². The molecule has 21 heavy (non-hydrogen) atoms. The minimum atomic E-state index is -0.564. The van der Waals surface area contributed by atoms with Crippen LogP contribution in [0.15, 0.2) is 10.6 Å². The molecule has 0 bridgehead atoms. The van der Waals surface area contributed by atoms with E-state index in [1.54, 1.807) is 26.8 Å². The lowest BCUT2D eigenvalue weighted by atomic mass is 10.1. The van der Waals surface area contributed by atoms with Crippen LogP contribution in [0.1, 0.15) is 43.6 Å². The average Bonchev–Trinajstić information content (AvgIpc) is 2.99. The van der Waals surface area contributed by atoms with Crippen molar-refractivity contribution in [2.45, 2.75) is 27.4 Å². The number of aromatic amines is 1. The van der Waals surface area contributed by atoms with E-state index in [9.17, 15) is 9.59 Å². The number of aromatic nitrogens is 2. The van der Waals surface area contributed by atoms with Gasteiger partial charge in [-0.1, -0.05) is 5.16 Å². The van der Waals surface area contributed by atoms with Gasteiger partial charge in [0.15, 0.2) is 0 Å². The van der Waals surface area contributed by atoms with Crippen LogP contribution in [0.2, 0.25) is 0 Å². The zero-order valence-electron chi connectivity index (χ0n) is 12.3. The number of hydrogen-bond acceptors (Lipinski definition) is 6. The Balaban J connectivity index is 2.14. The summed E-state index contributed by atoms with van der Waals surface area (Å²) < 4.78 is 14.7. The first-order chi connectivity index (χ1) is 9.93. The summed E-state index contributed by atoms with van der Waals surface area (Å²) >= 11 is 0. The van der Waals surface area contributed by atoms with E-state index in [4.69, 9.17) is 9.26 Å². The summed E-state index contributed by atoms with van der Waals surface area (Å²) in [5.41, 5.74) is 2.16. The SMILES string of the molecule is COC(=O)c1c(C)[nH]c(C(=O)OCc2cc(C)on2)c1C. The van der Waals surface area contributed by atoms with Crippen LogP contribution >= 0.6 is 0 Å². The van der Waals surface area contributed by atoms with Crippen LogP contribution in [-0.4, -0.2) is 29.2 Å². The number of H-pyrrole nitrogens is 1. The Morgan fingerprint density at radius 2 is 2.00 bits per heavy atom. The summed E-state index contributed by atoms with van der Waals surface area (Å²) in [6.07, 6.45) is 0. The molecule has 0 aliphatic heterocycles. The van der Waals surface area contributed by atoms with Gasteiger partial charge in [0.25, 0.3) is 0 Å². The molecule has 0 radical (unpaired) electrons. The molecule has 7 nitrogen and oxygen atoms in total. The molecule has 0 saturated carbocycles. The van der Waals surface area contributed by atoms with Crippen LogP contribution in [0.25, 0.3) is 0 Å². The Hall–Kier alpha value is -2.57. The summed E-state index contributed by atoms with van der Waals surface area (Å²) in [6, 6.07) is 1.68. The van der Waals surface area contributed by atoms with E-state index in [1.807, 2.05) is 0 Å². The zero-order valence-corrected chi connectivity index (χ0v) is 12.3. The van der Waals surface area contributed by atoms with Gasteiger partial charge in [0.1, 0.15) is 23.8 Å². The maximum Gasteiger partial charge on any atom is 0.355 e. The molecule has 0 amide bonds. The van der Waals surface area contributed by atoms with Crippen molar-refractivity contribution in [3.05, 3.63) is 40.0 Å². The molecule has 0 fully saturated rings. The predicted octanol–water partition coefficient (Wildman–Crippen LogP) is 2.07. The molecule has 1 N–H and O–H groups in total. The molecule has 2 heterocycles. The van der Waals surface area contributed by atoms with Crippen molar-refractivity contribution in [2.24, 2.45) is 0 Å². The van der Waals surface area contributed by atoms with E-state index in [0.717, 1.165) is 0 Å². The molecule has 0 aromatic carbocycles. The van der Waals surface area contributed by atoms with Crippen LogP contribution < -0.4 is 0 Å². The number of carbonyl (C=O) groups excluding carboxylic acids is 2. The first-order valence-corrected chi connectivity index (χ1v) is 6.30. The fourth-order valence-corrected chi connectivity index (χ4v) is 2.06. The maximum atomic E-state index is 12.1. The summed E-state index contributed by atoms with van der Waals surface area (Å²) in [5.74, 6) is -0.417. The molecule has 0 saturated heterocycles. The second-order valence-electron chi connectivity index (χ2n) is 4.62. The van der Waals surface area contributed by atoms with Gasteiger partial charge in [0.05, 0.1) is 12.7 Å². The number of hydrogen-bond donors (Lipinski definition) is 1. The van der Waals surface area contributed by atoms with Crippen LogP contribution in [-0.2, 0) is 16.1 Å². The van der Waals surface area contributed by atoms with Crippen molar-refractivity contribution in [1.82, 2.24) is 10.1 Å². The summed E-state index contributed by atoms with van der Waals surface area (Å²) in [4.78, 5) is 26.6. The average molecular weight is 292 g/mol. The third kappa shape index (κ3) is 2.96. The van der Waals surface area contributed by atoms with Crippen LogP contribution in [0.5, 0.6) is 0 Å². The van der Waals surface area contributed by atoms with Gasteiger partial charge in [-0.15, -0.1) is 0 Å². The monoisotopic (exact) mass is 292 g/mol. The van der Waals surface area contributed by atoms with E-state index in [-0.39, 0.29) is 12.3 Å². The molecule has 2 rings (SSSR count). The first kappa shape index (κ1) is 14.8. The first-order valence-electron chi connectivity index (χ1n) is 6.30. The van der Waals surface area contributed by atoms with E-state index < -0.39 is 11.9 Å². The second kappa shape index (κ2) is 5.82. The van der Waals surface area contributed by atoms with Crippen molar-refractivity contribution >= 4 is 11.9 Å². The normalized spacial score (nSPS) is 10.5. The topological polar surface area (TPSA) is 94.4 Å². The molecule has 2 aromatic rings. The number of nitrogens with zero attached hydrogens (tertiary/aromatic N) is 1. The van der Waals surface area contributed by atoms with Gasteiger partial charge in [0.2, 0.25) is 0 Å². The fraction of sp³-hybridized carbons (Fsp3) is 0.357. The van der Waals surface area contributed by atoms with Gasteiger partial charge in [0, 0.05) is 11.8 Å². The molecule has 2 aromatic heterocycles. The molecule has 7 heteroatoms. The largest absolute Gasteiger partial charge is 0.465 e. The van der Waals surface area contributed by atoms with Crippen LogP contribution in [0.3, 0.4) is 0 Å².